The van der Waals surface area contributed by atoms with Gasteiger partial charge in [0, 0.05) is 17.3 Å². The Balaban J connectivity index is 1.58. The average molecular weight is 379 g/mol. The molecule has 0 saturated heterocycles. The van der Waals surface area contributed by atoms with Crippen molar-refractivity contribution in [2.75, 3.05) is 0 Å². The highest BCUT2D eigenvalue weighted by Gasteiger charge is 2.55. The topological polar surface area (TPSA) is 89.3 Å². The van der Waals surface area contributed by atoms with Crippen molar-refractivity contribution in [1.82, 2.24) is 24.7 Å². The summed E-state index contributed by atoms with van der Waals surface area (Å²) in [6.45, 7) is 3.44. The number of aromatic nitrogens is 5. The molecule has 1 saturated carbocycles. The number of hydrogen-bond donors (Lipinski definition) is 1. The first-order valence-electron chi connectivity index (χ1n) is 9.06. The lowest BCUT2D eigenvalue weighted by molar-refractivity contribution is 0.0796. The third-order valence-electron chi connectivity index (χ3n) is 5.21. The van der Waals surface area contributed by atoms with Crippen molar-refractivity contribution in [2.24, 2.45) is 0 Å². The van der Waals surface area contributed by atoms with E-state index in [1.165, 1.54) is 12.1 Å². The van der Waals surface area contributed by atoms with Crippen LogP contribution in [0.25, 0.3) is 17.0 Å². The SMILES string of the molecule is CC(C)(O)c1cccn2c(C3(c4nc(-c5ccc(F)cc5)no4)CC3)nnc12. The van der Waals surface area contributed by atoms with E-state index in [0.717, 1.165) is 12.8 Å². The van der Waals surface area contributed by atoms with Gasteiger partial charge >= 0.3 is 0 Å². The molecule has 142 valence electrons. The summed E-state index contributed by atoms with van der Waals surface area (Å²) in [5.74, 6) is 1.27. The Kier molecular flexibility index (Phi) is 3.45. The molecular weight excluding hydrogens is 361 g/mol. The summed E-state index contributed by atoms with van der Waals surface area (Å²) in [6.07, 6.45) is 3.49. The second-order valence-electron chi connectivity index (χ2n) is 7.71. The van der Waals surface area contributed by atoms with E-state index in [9.17, 15) is 9.50 Å². The summed E-state index contributed by atoms with van der Waals surface area (Å²) >= 11 is 0. The molecule has 8 heteroatoms. The standard InChI is InChI=1S/C20H18FN5O2/c1-19(2,27)14-4-3-11-26-16(14)23-24-17(26)20(9-10-20)18-22-15(25-28-18)12-5-7-13(21)8-6-12/h3-8,11,27H,9-10H2,1-2H3. The molecule has 5 rings (SSSR count). The highest BCUT2D eigenvalue weighted by Crippen LogP contribution is 2.52. The van der Waals surface area contributed by atoms with Crippen LogP contribution in [0.2, 0.25) is 0 Å². The summed E-state index contributed by atoms with van der Waals surface area (Å²) in [5.41, 5.74) is 0.450. The Morgan fingerprint density at radius 1 is 1.14 bits per heavy atom. The van der Waals surface area contributed by atoms with E-state index in [4.69, 9.17) is 4.52 Å². The molecule has 0 spiro atoms. The van der Waals surface area contributed by atoms with E-state index in [2.05, 4.69) is 20.3 Å². The minimum Gasteiger partial charge on any atom is -0.386 e. The molecule has 0 atom stereocenters. The monoisotopic (exact) mass is 379 g/mol. The van der Waals surface area contributed by atoms with Crippen molar-refractivity contribution in [3.05, 3.63) is 65.7 Å². The molecule has 3 aromatic heterocycles. The number of pyridine rings is 1. The molecule has 1 N–H and O–H groups in total. The van der Waals surface area contributed by atoms with Crippen LogP contribution in [0.15, 0.2) is 47.1 Å². The number of nitrogens with zero attached hydrogens (tertiary/aromatic N) is 5. The minimum atomic E-state index is -1.04. The van der Waals surface area contributed by atoms with Crippen LogP contribution in [0, 0.1) is 5.82 Å². The number of aliphatic hydroxyl groups is 1. The maximum atomic E-state index is 13.2. The second-order valence-corrected chi connectivity index (χ2v) is 7.71. The quantitative estimate of drug-likeness (QED) is 0.586. The van der Waals surface area contributed by atoms with Crippen molar-refractivity contribution in [3.63, 3.8) is 0 Å². The van der Waals surface area contributed by atoms with Crippen molar-refractivity contribution in [1.29, 1.82) is 0 Å². The molecule has 28 heavy (non-hydrogen) atoms. The molecule has 4 aromatic rings. The van der Waals surface area contributed by atoms with E-state index in [-0.39, 0.29) is 5.82 Å². The molecular formula is C20H18FN5O2. The molecule has 7 nitrogen and oxygen atoms in total. The highest BCUT2D eigenvalue weighted by atomic mass is 19.1. The van der Waals surface area contributed by atoms with Crippen LogP contribution in [0.1, 0.15) is 44.0 Å². The number of halogens is 1. The van der Waals surface area contributed by atoms with Gasteiger partial charge < -0.3 is 9.63 Å². The van der Waals surface area contributed by atoms with Gasteiger partial charge in [-0.25, -0.2) is 4.39 Å². The molecule has 0 amide bonds. The lowest BCUT2D eigenvalue weighted by Gasteiger charge is -2.18. The Bertz CT molecular complexity index is 1170. The van der Waals surface area contributed by atoms with Gasteiger partial charge in [0.15, 0.2) is 11.5 Å². The summed E-state index contributed by atoms with van der Waals surface area (Å²) < 4.78 is 20.6. The molecule has 0 unspecified atom stereocenters. The Morgan fingerprint density at radius 3 is 2.57 bits per heavy atom. The lowest BCUT2D eigenvalue weighted by Crippen LogP contribution is -2.18. The molecule has 1 aliphatic carbocycles. The molecule has 0 aliphatic heterocycles. The van der Waals surface area contributed by atoms with Crippen LogP contribution >= 0.6 is 0 Å². The van der Waals surface area contributed by atoms with Gasteiger partial charge in [0.25, 0.3) is 0 Å². The van der Waals surface area contributed by atoms with Gasteiger partial charge in [-0.2, -0.15) is 4.98 Å². The number of rotatable bonds is 4. The first-order chi connectivity index (χ1) is 13.4. The zero-order valence-corrected chi connectivity index (χ0v) is 15.4. The normalized spacial score (nSPS) is 15.9. The van der Waals surface area contributed by atoms with E-state index in [0.29, 0.717) is 34.3 Å². The maximum Gasteiger partial charge on any atom is 0.240 e. The van der Waals surface area contributed by atoms with E-state index >= 15 is 0 Å². The summed E-state index contributed by atoms with van der Waals surface area (Å²) in [5, 5.41) is 23.2. The van der Waals surface area contributed by atoms with E-state index in [1.54, 1.807) is 26.0 Å². The van der Waals surface area contributed by atoms with Gasteiger partial charge in [0.1, 0.15) is 11.2 Å². The van der Waals surface area contributed by atoms with Crippen LogP contribution in [0.5, 0.6) is 0 Å². The largest absolute Gasteiger partial charge is 0.386 e. The number of fused-ring (bicyclic) bond motifs is 1. The average Bonchev–Trinajstić information content (AvgIpc) is 3.12. The third-order valence-corrected chi connectivity index (χ3v) is 5.21. The Morgan fingerprint density at radius 2 is 1.89 bits per heavy atom. The van der Waals surface area contributed by atoms with Crippen LogP contribution < -0.4 is 0 Å². The molecule has 0 radical (unpaired) electrons. The van der Waals surface area contributed by atoms with Crippen molar-refractivity contribution in [3.8, 4) is 11.4 Å². The Hall–Kier alpha value is -3.13. The zero-order chi connectivity index (χ0) is 19.5. The van der Waals surface area contributed by atoms with Gasteiger partial charge in [-0.3, -0.25) is 4.40 Å². The zero-order valence-electron chi connectivity index (χ0n) is 15.4. The molecule has 1 aliphatic rings. The van der Waals surface area contributed by atoms with Gasteiger partial charge in [-0.1, -0.05) is 11.2 Å². The van der Waals surface area contributed by atoms with Gasteiger partial charge in [0.2, 0.25) is 11.7 Å². The van der Waals surface area contributed by atoms with E-state index < -0.39 is 11.0 Å². The van der Waals surface area contributed by atoms with Crippen LogP contribution in [0.4, 0.5) is 4.39 Å². The first kappa shape index (κ1) is 17.0. The third kappa shape index (κ3) is 2.52. The van der Waals surface area contributed by atoms with Crippen LogP contribution in [0.3, 0.4) is 0 Å². The minimum absolute atomic E-state index is 0.316. The molecule has 3 heterocycles. The Labute approximate surface area is 159 Å². The second kappa shape index (κ2) is 5.68. The molecule has 1 aromatic carbocycles. The van der Waals surface area contributed by atoms with Crippen LogP contribution in [-0.2, 0) is 11.0 Å². The van der Waals surface area contributed by atoms with Crippen molar-refractivity contribution >= 4 is 5.65 Å². The fourth-order valence-corrected chi connectivity index (χ4v) is 3.51. The van der Waals surface area contributed by atoms with Gasteiger partial charge in [0.05, 0.1) is 5.60 Å². The summed E-state index contributed by atoms with van der Waals surface area (Å²) in [4.78, 5) is 4.55. The lowest BCUT2D eigenvalue weighted by atomic mass is 9.99. The van der Waals surface area contributed by atoms with Crippen LogP contribution in [-0.4, -0.2) is 29.8 Å². The van der Waals surface area contributed by atoms with Gasteiger partial charge in [-0.15, -0.1) is 10.2 Å². The smallest absolute Gasteiger partial charge is 0.240 e. The highest BCUT2D eigenvalue weighted by molar-refractivity contribution is 5.55. The molecule has 1 fully saturated rings. The van der Waals surface area contributed by atoms with E-state index in [1.807, 2.05) is 22.7 Å². The number of benzene rings is 1. The first-order valence-corrected chi connectivity index (χ1v) is 9.06. The maximum absolute atomic E-state index is 13.2. The predicted molar refractivity (Wildman–Crippen MR) is 97.9 cm³/mol. The summed E-state index contributed by atoms with van der Waals surface area (Å²) in [6, 6.07) is 9.66. The van der Waals surface area contributed by atoms with Crippen molar-refractivity contribution < 1.29 is 14.0 Å². The predicted octanol–water partition coefficient (Wildman–Crippen LogP) is 3.23. The fraction of sp³-hybridized carbons (Fsp3) is 0.300. The fourth-order valence-electron chi connectivity index (χ4n) is 3.51. The van der Waals surface area contributed by atoms with Crippen molar-refractivity contribution in [2.45, 2.75) is 37.7 Å². The molecule has 0 bridgehead atoms. The van der Waals surface area contributed by atoms with Gasteiger partial charge in [-0.05, 0) is 57.0 Å². The number of hydrogen-bond acceptors (Lipinski definition) is 6. The summed E-state index contributed by atoms with van der Waals surface area (Å²) in [7, 11) is 0.